The van der Waals surface area contributed by atoms with Crippen molar-refractivity contribution in [3.05, 3.63) is 83.9 Å². The number of ether oxygens (including phenoxy) is 2. The monoisotopic (exact) mass is 473 g/mol. The number of hydrogen-bond acceptors (Lipinski definition) is 6. The number of nitrogens with zero attached hydrogens (tertiary/aromatic N) is 1. The smallest absolute Gasteiger partial charge is 0.374 e. The Bertz CT molecular complexity index is 900. The molecule has 0 aliphatic carbocycles. The van der Waals surface area contributed by atoms with Crippen LogP contribution in [0.3, 0.4) is 0 Å². The number of unbranched alkanes of at least 4 members (excludes halogenated alkanes) is 1. The van der Waals surface area contributed by atoms with Gasteiger partial charge in [-0.15, -0.1) is 0 Å². The predicted octanol–water partition coefficient (Wildman–Crippen LogP) is 5.42. The summed E-state index contributed by atoms with van der Waals surface area (Å²) >= 11 is 0. The first-order chi connectivity index (χ1) is 16.0. The molecule has 0 saturated heterocycles. The molecule has 0 aliphatic rings. The van der Waals surface area contributed by atoms with Crippen molar-refractivity contribution in [2.75, 3.05) is 20.3 Å². The van der Waals surface area contributed by atoms with E-state index in [1.165, 1.54) is 0 Å². The first kappa shape index (κ1) is 26.9. The Hall–Kier alpha value is -2.30. The summed E-state index contributed by atoms with van der Waals surface area (Å²) in [5.74, 6) is -0.259. The molecular weight excluding hydrogens is 441 g/mol. The Balaban J connectivity index is 2.01. The third kappa shape index (κ3) is 11.4. The molecular formula is C25H32NO6P. The summed E-state index contributed by atoms with van der Waals surface area (Å²) in [6, 6.07) is 21.6. The van der Waals surface area contributed by atoms with Gasteiger partial charge in [-0.05, 0) is 24.0 Å². The number of phosphoric acid groups is 1. The van der Waals surface area contributed by atoms with E-state index in [2.05, 4.69) is 10.6 Å². The zero-order chi connectivity index (χ0) is 23.8. The minimum atomic E-state index is -4.23. The van der Waals surface area contributed by atoms with Crippen LogP contribution in [0.1, 0.15) is 30.4 Å². The number of benzene rings is 2. The maximum atomic E-state index is 12.1. The van der Waals surface area contributed by atoms with Gasteiger partial charge in [-0.2, -0.15) is 5.26 Å². The molecule has 33 heavy (non-hydrogen) atoms. The molecule has 0 aliphatic heterocycles. The lowest BCUT2D eigenvalue weighted by atomic mass is 9.95. The van der Waals surface area contributed by atoms with Crippen LogP contribution in [0.25, 0.3) is 0 Å². The molecule has 178 valence electrons. The molecule has 2 aromatic carbocycles. The van der Waals surface area contributed by atoms with Gasteiger partial charge in [0.2, 0.25) is 0 Å². The number of rotatable bonds is 16. The highest BCUT2D eigenvalue weighted by Gasteiger charge is 2.30. The average molecular weight is 474 g/mol. The van der Waals surface area contributed by atoms with Gasteiger partial charge in [0.1, 0.15) is 0 Å². The van der Waals surface area contributed by atoms with Crippen LogP contribution in [0.15, 0.2) is 72.8 Å². The summed E-state index contributed by atoms with van der Waals surface area (Å²) in [6.07, 6.45) is 4.63. The quantitative estimate of drug-likeness (QED) is 0.197. The molecule has 3 atom stereocenters. The van der Waals surface area contributed by atoms with E-state index in [-0.39, 0.29) is 12.5 Å². The Morgan fingerprint density at radius 2 is 1.64 bits per heavy atom. The molecule has 1 N–H and O–H groups in total. The van der Waals surface area contributed by atoms with Crippen molar-refractivity contribution in [1.29, 1.82) is 5.26 Å². The van der Waals surface area contributed by atoms with Crippen LogP contribution in [0.2, 0.25) is 0 Å². The van der Waals surface area contributed by atoms with Gasteiger partial charge in [0.05, 0.1) is 38.6 Å². The molecule has 1 unspecified atom stereocenters. The summed E-state index contributed by atoms with van der Waals surface area (Å²) < 4.78 is 33.7. The van der Waals surface area contributed by atoms with Crippen LogP contribution >= 0.6 is 7.82 Å². The highest BCUT2D eigenvalue weighted by molar-refractivity contribution is 7.47. The van der Waals surface area contributed by atoms with E-state index in [0.717, 1.165) is 18.2 Å². The normalized spacial score (nSPS) is 15.1. The highest BCUT2D eigenvalue weighted by Crippen LogP contribution is 2.45. The molecule has 2 aromatic rings. The summed E-state index contributed by atoms with van der Waals surface area (Å²) in [4.78, 5) is 9.92. The van der Waals surface area contributed by atoms with E-state index >= 15 is 0 Å². The Morgan fingerprint density at radius 1 is 1.03 bits per heavy atom. The van der Waals surface area contributed by atoms with Crippen molar-refractivity contribution >= 4 is 7.82 Å². The molecule has 0 aromatic heterocycles. The van der Waals surface area contributed by atoms with Crippen LogP contribution < -0.4 is 0 Å². The van der Waals surface area contributed by atoms with Crippen LogP contribution in [0.4, 0.5) is 0 Å². The van der Waals surface area contributed by atoms with Gasteiger partial charge in [0.15, 0.2) is 0 Å². The van der Waals surface area contributed by atoms with Crippen molar-refractivity contribution in [1.82, 2.24) is 0 Å². The third-order valence-electron chi connectivity index (χ3n) is 4.91. The van der Waals surface area contributed by atoms with Crippen LogP contribution in [-0.4, -0.2) is 31.3 Å². The lowest BCUT2D eigenvalue weighted by Gasteiger charge is -2.26. The van der Waals surface area contributed by atoms with Crippen molar-refractivity contribution in [3.8, 4) is 6.07 Å². The molecule has 0 saturated carbocycles. The van der Waals surface area contributed by atoms with Crippen molar-refractivity contribution < 1.29 is 28.0 Å². The van der Waals surface area contributed by atoms with Gasteiger partial charge >= 0.3 is 7.82 Å². The minimum absolute atomic E-state index is 0.0925. The van der Waals surface area contributed by atoms with Gasteiger partial charge in [0, 0.05) is 19.4 Å². The SMILES string of the molecule is COP(=O)(O)O[C@H](COCc1ccccc1)[C@@H](/C=C/COCc1ccccc1)CCCC#N. The average Bonchev–Trinajstić information content (AvgIpc) is 2.83. The maximum Gasteiger partial charge on any atom is 0.472 e. The van der Waals surface area contributed by atoms with Crippen molar-refractivity contribution in [3.63, 3.8) is 0 Å². The largest absolute Gasteiger partial charge is 0.472 e. The Labute approximate surface area is 196 Å². The number of nitriles is 1. The summed E-state index contributed by atoms with van der Waals surface area (Å²) in [7, 11) is -3.10. The van der Waals surface area contributed by atoms with Crippen LogP contribution in [0.5, 0.6) is 0 Å². The van der Waals surface area contributed by atoms with Gasteiger partial charge in [-0.25, -0.2) is 4.57 Å². The maximum absolute atomic E-state index is 12.1. The first-order valence-corrected chi connectivity index (χ1v) is 12.4. The molecule has 0 bridgehead atoms. The van der Waals surface area contributed by atoms with E-state index in [1.54, 1.807) is 0 Å². The third-order valence-corrected chi connectivity index (χ3v) is 5.90. The molecule has 0 heterocycles. The van der Waals surface area contributed by atoms with Crippen molar-refractivity contribution in [2.45, 2.75) is 38.6 Å². The highest BCUT2D eigenvalue weighted by atomic mass is 31.2. The fraction of sp³-hybridized carbons (Fsp3) is 0.400. The fourth-order valence-corrected chi connectivity index (χ4v) is 3.83. The lowest BCUT2D eigenvalue weighted by Crippen LogP contribution is -2.28. The standard InChI is InChI=1S/C25H32NO6P/c1-29-33(27,28)32-25(21-31-20-23-13-6-3-7-14-23)24(15-8-9-17-26)16-10-18-30-19-22-11-4-2-5-12-22/h2-7,10-14,16,24-25H,8-9,15,18-21H2,1H3,(H,27,28)/b16-10+/t24-,25-/m1/s1. The van der Waals surface area contributed by atoms with E-state index in [4.69, 9.17) is 19.3 Å². The molecule has 0 amide bonds. The van der Waals surface area contributed by atoms with Crippen molar-refractivity contribution in [2.24, 2.45) is 5.92 Å². The second-order valence-corrected chi connectivity index (χ2v) is 8.95. The summed E-state index contributed by atoms with van der Waals surface area (Å²) in [5.41, 5.74) is 2.06. The molecule has 0 radical (unpaired) electrons. The molecule has 2 rings (SSSR count). The van der Waals surface area contributed by atoms with Gasteiger partial charge < -0.3 is 14.4 Å². The van der Waals surface area contributed by atoms with Crippen LogP contribution in [-0.2, 0) is 36.3 Å². The lowest BCUT2D eigenvalue weighted by molar-refractivity contribution is 0.00226. The van der Waals surface area contributed by atoms with E-state index in [9.17, 15) is 9.46 Å². The minimum Gasteiger partial charge on any atom is -0.374 e. The number of hydrogen-bond donors (Lipinski definition) is 1. The second kappa shape index (κ2) is 15.5. The van der Waals surface area contributed by atoms with Crippen LogP contribution in [0, 0.1) is 17.2 Å². The molecule has 7 nitrogen and oxygen atoms in total. The van der Waals surface area contributed by atoms with E-state index in [0.29, 0.717) is 39.1 Å². The Kier molecular flexibility index (Phi) is 12.7. The summed E-state index contributed by atoms with van der Waals surface area (Å²) in [5, 5.41) is 8.92. The van der Waals surface area contributed by atoms with Gasteiger partial charge in [-0.3, -0.25) is 9.05 Å². The number of phosphoric ester groups is 1. The summed E-state index contributed by atoms with van der Waals surface area (Å²) in [6.45, 7) is 1.30. The molecule has 0 fully saturated rings. The predicted molar refractivity (Wildman–Crippen MR) is 126 cm³/mol. The van der Waals surface area contributed by atoms with E-state index in [1.807, 2.05) is 72.8 Å². The first-order valence-electron chi connectivity index (χ1n) is 10.9. The second-order valence-electron chi connectivity index (χ2n) is 7.44. The van der Waals surface area contributed by atoms with E-state index < -0.39 is 13.9 Å². The zero-order valence-electron chi connectivity index (χ0n) is 18.9. The molecule has 0 spiro atoms. The molecule has 8 heteroatoms. The van der Waals surface area contributed by atoms with Gasteiger partial charge in [0.25, 0.3) is 0 Å². The van der Waals surface area contributed by atoms with Gasteiger partial charge in [-0.1, -0.05) is 72.8 Å². The topological polar surface area (TPSA) is 98.0 Å². The Morgan fingerprint density at radius 3 is 2.21 bits per heavy atom. The fourth-order valence-electron chi connectivity index (χ4n) is 3.19. The zero-order valence-corrected chi connectivity index (χ0v) is 19.8.